The average Bonchev–Trinajstić information content (AvgIpc) is 2.52. The van der Waals surface area contributed by atoms with Crippen LogP contribution < -0.4 is 10.6 Å². The van der Waals surface area contributed by atoms with E-state index in [-0.39, 0.29) is 17.9 Å². The Kier molecular flexibility index (Phi) is 5.78. The van der Waals surface area contributed by atoms with Crippen molar-refractivity contribution >= 4 is 12.0 Å². The molecule has 0 bridgehead atoms. The standard InChI is InChI=1S/C14H22N2O8/c1-3-23-13(21)7-5(2)15-14(22)16-8(7)12-11(20)10(19)9(18)6(4-17)24-12/h6,8-12,17-20H,3-4H2,1-2H3,(H2,15,16,22)/t6-,8+,9-,10+,11+,12+/m1/s1. The highest BCUT2D eigenvalue weighted by Gasteiger charge is 2.49. The molecule has 2 rings (SSSR count). The van der Waals surface area contributed by atoms with Crippen molar-refractivity contribution in [2.45, 2.75) is 50.4 Å². The molecule has 1 saturated heterocycles. The van der Waals surface area contributed by atoms with Crippen LogP contribution in [0.2, 0.25) is 0 Å². The van der Waals surface area contributed by atoms with Crippen LogP contribution in [0.15, 0.2) is 11.3 Å². The molecule has 10 nitrogen and oxygen atoms in total. The fraction of sp³-hybridized carbons (Fsp3) is 0.714. The first-order valence-electron chi connectivity index (χ1n) is 7.57. The number of aliphatic hydroxyl groups is 4. The summed E-state index contributed by atoms with van der Waals surface area (Å²) in [6.07, 6.45) is -7.15. The molecule has 2 heterocycles. The van der Waals surface area contributed by atoms with Gasteiger partial charge in [0.1, 0.15) is 30.5 Å². The largest absolute Gasteiger partial charge is 0.463 e. The molecule has 0 aromatic rings. The van der Waals surface area contributed by atoms with Crippen molar-refractivity contribution < 1.29 is 39.5 Å². The summed E-state index contributed by atoms with van der Waals surface area (Å²) in [4.78, 5) is 24.0. The normalized spacial score (nSPS) is 36.8. The second-order valence-corrected chi connectivity index (χ2v) is 5.63. The molecule has 2 aliphatic rings. The number of urea groups is 1. The van der Waals surface area contributed by atoms with E-state index < -0.39 is 55.2 Å². The number of carbonyl (C=O) groups excluding carboxylic acids is 2. The van der Waals surface area contributed by atoms with Gasteiger partial charge >= 0.3 is 12.0 Å². The third kappa shape index (κ3) is 3.37. The van der Waals surface area contributed by atoms with Crippen LogP contribution in [0.4, 0.5) is 4.79 Å². The van der Waals surface area contributed by atoms with E-state index in [1.165, 1.54) is 6.92 Å². The maximum atomic E-state index is 12.2. The van der Waals surface area contributed by atoms with Gasteiger partial charge in [-0.25, -0.2) is 9.59 Å². The van der Waals surface area contributed by atoms with Crippen molar-refractivity contribution in [3.63, 3.8) is 0 Å². The fourth-order valence-corrected chi connectivity index (χ4v) is 2.86. The number of nitrogens with one attached hydrogen (secondary N) is 2. The summed E-state index contributed by atoms with van der Waals surface area (Å²) in [5.74, 6) is -0.718. The highest BCUT2D eigenvalue weighted by Crippen LogP contribution is 2.28. The molecular weight excluding hydrogens is 324 g/mol. The van der Waals surface area contributed by atoms with Crippen molar-refractivity contribution in [3.8, 4) is 0 Å². The van der Waals surface area contributed by atoms with Crippen LogP contribution in [0.25, 0.3) is 0 Å². The van der Waals surface area contributed by atoms with Crippen molar-refractivity contribution in [2.24, 2.45) is 0 Å². The van der Waals surface area contributed by atoms with E-state index in [9.17, 15) is 30.0 Å². The van der Waals surface area contributed by atoms with Gasteiger partial charge in [-0.3, -0.25) is 0 Å². The number of allylic oxidation sites excluding steroid dienone is 1. The highest BCUT2D eigenvalue weighted by atomic mass is 16.5. The maximum Gasteiger partial charge on any atom is 0.337 e. The fourth-order valence-electron chi connectivity index (χ4n) is 2.86. The van der Waals surface area contributed by atoms with Crippen LogP contribution in [0, 0.1) is 0 Å². The van der Waals surface area contributed by atoms with Gasteiger partial charge in [-0.2, -0.15) is 0 Å². The van der Waals surface area contributed by atoms with Gasteiger partial charge in [0, 0.05) is 5.70 Å². The molecule has 0 spiro atoms. The van der Waals surface area contributed by atoms with Gasteiger partial charge in [-0.15, -0.1) is 0 Å². The molecule has 0 aromatic heterocycles. The molecule has 0 radical (unpaired) electrons. The van der Waals surface area contributed by atoms with Gasteiger partial charge in [0.2, 0.25) is 0 Å². The smallest absolute Gasteiger partial charge is 0.337 e. The van der Waals surface area contributed by atoms with Gasteiger partial charge in [-0.05, 0) is 13.8 Å². The maximum absolute atomic E-state index is 12.2. The molecule has 24 heavy (non-hydrogen) atoms. The average molecular weight is 346 g/mol. The zero-order valence-electron chi connectivity index (χ0n) is 13.3. The van der Waals surface area contributed by atoms with Crippen LogP contribution in [0.5, 0.6) is 0 Å². The monoisotopic (exact) mass is 346 g/mol. The molecule has 0 aliphatic carbocycles. The topological polar surface area (TPSA) is 158 Å². The minimum absolute atomic E-state index is 0.0285. The lowest BCUT2D eigenvalue weighted by Gasteiger charge is -2.44. The molecule has 0 saturated carbocycles. The first-order valence-corrected chi connectivity index (χ1v) is 7.57. The molecule has 136 valence electrons. The van der Waals surface area contributed by atoms with Crippen LogP contribution in [-0.4, -0.2) is 82.2 Å². The molecule has 6 N–H and O–H groups in total. The zero-order chi connectivity index (χ0) is 18.0. The molecule has 1 fully saturated rings. The Morgan fingerprint density at radius 1 is 1.25 bits per heavy atom. The predicted octanol–water partition coefficient (Wildman–Crippen LogP) is -2.65. The minimum Gasteiger partial charge on any atom is -0.463 e. The van der Waals surface area contributed by atoms with E-state index in [0.717, 1.165) is 0 Å². The summed E-state index contributed by atoms with van der Waals surface area (Å²) < 4.78 is 10.4. The van der Waals surface area contributed by atoms with Crippen LogP contribution in [0.1, 0.15) is 13.8 Å². The molecule has 2 amide bonds. The lowest BCUT2D eigenvalue weighted by molar-refractivity contribution is -0.233. The van der Waals surface area contributed by atoms with E-state index in [2.05, 4.69) is 10.6 Å². The van der Waals surface area contributed by atoms with Crippen molar-refractivity contribution in [3.05, 3.63) is 11.3 Å². The summed E-state index contributed by atoms with van der Waals surface area (Å²) in [6, 6.07) is -1.74. The number of aliphatic hydroxyl groups excluding tert-OH is 4. The summed E-state index contributed by atoms with van der Waals surface area (Å²) in [5, 5.41) is 44.1. The van der Waals surface area contributed by atoms with Gasteiger partial charge in [0.05, 0.1) is 24.8 Å². The van der Waals surface area contributed by atoms with Gasteiger partial charge < -0.3 is 40.5 Å². The van der Waals surface area contributed by atoms with Crippen molar-refractivity contribution in [1.82, 2.24) is 10.6 Å². The first-order chi connectivity index (χ1) is 11.3. The molecule has 10 heteroatoms. The lowest BCUT2D eigenvalue weighted by atomic mass is 9.87. The lowest BCUT2D eigenvalue weighted by Crippen LogP contribution is -2.66. The van der Waals surface area contributed by atoms with E-state index in [1.807, 2.05) is 0 Å². The Bertz CT molecular complexity index is 535. The predicted molar refractivity (Wildman–Crippen MR) is 78.6 cm³/mol. The van der Waals surface area contributed by atoms with Crippen LogP contribution in [-0.2, 0) is 14.3 Å². The summed E-state index contributed by atoms with van der Waals surface area (Å²) in [6.45, 7) is 2.59. The quantitative estimate of drug-likeness (QED) is 0.301. The van der Waals surface area contributed by atoms with Crippen LogP contribution in [0.3, 0.4) is 0 Å². The Hall–Kier alpha value is -1.72. The third-order valence-electron chi connectivity index (χ3n) is 4.06. The van der Waals surface area contributed by atoms with Crippen LogP contribution >= 0.6 is 0 Å². The molecule has 2 aliphatic heterocycles. The van der Waals surface area contributed by atoms with E-state index in [1.54, 1.807) is 6.92 Å². The SMILES string of the molecule is CCOC(=O)C1=C(C)NC(=O)N[C@@H]1[C@@H]1O[C@H](CO)[C@@H](O)[C@H](O)[C@@H]1O. The number of esters is 1. The number of ether oxygens (including phenoxy) is 2. The second kappa shape index (κ2) is 7.45. The first kappa shape index (κ1) is 18.6. The van der Waals surface area contributed by atoms with Gasteiger partial charge in [0.25, 0.3) is 0 Å². The molecule has 0 unspecified atom stereocenters. The number of amides is 2. The molecule has 0 aromatic carbocycles. The Morgan fingerprint density at radius 2 is 1.92 bits per heavy atom. The second-order valence-electron chi connectivity index (χ2n) is 5.63. The Morgan fingerprint density at radius 3 is 2.50 bits per heavy atom. The Labute approximate surface area is 138 Å². The summed E-state index contributed by atoms with van der Waals surface area (Å²) in [7, 11) is 0. The summed E-state index contributed by atoms with van der Waals surface area (Å²) >= 11 is 0. The van der Waals surface area contributed by atoms with E-state index >= 15 is 0 Å². The van der Waals surface area contributed by atoms with E-state index in [0.29, 0.717) is 0 Å². The molecular formula is C14H22N2O8. The number of hydrogen-bond acceptors (Lipinski definition) is 8. The minimum atomic E-state index is -1.61. The van der Waals surface area contributed by atoms with Crippen molar-refractivity contribution in [2.75, 3.05) is 13.2 Å². The van der Waals surface area contributed by atoms with Crippen molar-refractivity contribution in [1.29, 1.82) is 0 Å². The summed E-state index contributed by atoms with van der Waals surface area (Å²) in [5.41, 5.74) is 0.250. The Balaban J connectivity index is 2.37. The molecule has 6 atom stereocenters. The van der Waals surface area contributed by atoms with Gasteiger partial charge in [0.15, 0.2) is 0 Å². The number of rotatable bonds is 4. The number of carbonyl (C=O) groups is 2. The number of hydrogen-bond donors (Lipinski definition) is 6. The highest BCUT2D eigenvalue weighted by molar-refractivity contribution is 5.94. The third-order valence-corrected chi connectivity index (χ3v) is 4.06. The van der Waals surface area contributed by atoms with Gasteiger partial charge in [-0.1, -0.05) is 0 Å². The van der Waals surface area contributed by atoms with E-state index in [4.69, 9.17) is 9.47 Å². The zero-order valence-corrected chi connectivity index (χ0v) is 13.3.